The van der Waals surface area contributed by atoms with Gasteiger partial charge in [-0.3, -0.25) is 9.59 Å². The van der Waals surface area contributed by atoms with E-state index in [0.717, 1.165) is 103 Å². The largest absolute Gasteiger partial charge is 0.477 e. The molecule has 0 aromatic rings. The SMILES string of the molecule is CC/C=C\C/C=C\C/C=C\C/C=C\C/C=C\C/C=C\C/C=C\CCCCCC(=O)OC(COC(=O)CCC/C=C\C/C=C\C/C=C\C/C=C\C/C=C\CC)COC(OCC[N+](C)(C)C)C(=O)O. The number of nitrogens with zero attached hydrogens (tertiary/aromatic N) is 1. The summed E-state index contributed by atoms with van der Waals surface area (Å²) in [6, 6.07) is 0. The summed E-state index contributed by atoms with van der Waals surface area (Å²) in [4.78, 5) is 37.2. The lowest BCUT2D eigenvalue weighted by Gasteiger charge is -2.25. The van der Waals surface area contributed by atoms with Crippen molar-refractivity contribution in [2.75, 3.05) is 47.5 Å². The highest BCUT2D eigenvalue weighted by Crippen LogP contribution is 2.10. The maximum Gasteiger partial charge on any atom is 0.361 e. The number of hydrogen-bond donors (Lipinski definition) is 1. The van der Waals surface area contributed by atoms with E-state index in [9.17, 15) is 19.5 Å². The smallest absolute Gasteiger partial charge is 0.361 e. The zero-order valence-electron chi connectivity index (χ0n) is 42.2. The number of aliphatic carboxylic acids is 1. The van der Waals surface area contributed by atoms with Crippen LogP contribution in [-0.4, -0.2) is 87.4 Å². The van der Waals surface area contributed by atoms with Crippen molar-refractivity contribution in [2.24, 2.45) is 0 Å². The molecule has 0 rings (SSSR count). The molecule has 0 aliphatic carbocycles. The number of carboxylic acids is 1. The zero-order valence-corrected chi connectivity index (χ0v) is 42.2. The number of unbranched alkanes of at least 4 members (excludes halogenated alkanes) is 4. The number of allylic oxidation sites excluding steroid dienone is 24. The quantitative estimate of drug-likeness (QED) is 0.0212. The van der Waals surface area contributed by atoms with E-state index in [1.807, 2.05) is 21.1 Å². The number of carbonyl (C=O) groups is 3. The molecular formula is C58H90NO8+. The van der Waals surface area contributed by atoms with Gasteiger partial charge in [0.15, 0.2) is 6.10 Å². The molecule has 0 aliphatic rings. The summed E-state index contributed by atoms with van der Waals surface area (Å²) < 4.78 is 22.7. The van der Waals surface area contributed by atoms with Crippen LogP contribution in [0.2, 0.25) is 0 Å². The van der Waals surface area contributed by atoms with Gasteiger partial charge in [0.2, 0.25) is 0 Å². The Morgan fingerprint density at radius 3 is 1.21 bits per heavy atom. The van der Waals surface area contributed by atoms with Crippen molar-refractivity contribution in [1.82, 2.24) is 0 Å². The van der Waals surface area contributed by atoms with E-state index in [0.29, 0.717) is 23.9 Å². The zero-order chi connectivity index (χ0) is 49.2. The van der Waals surface area contributed by atoms with Crippen LogP contribution < -0.4 is 0 Å². The minimum absolute atomic E-state index is 0.162. The van der Waals surface area contributed by atoms with Gasteiger partial charge in [-0.15, -0.1) is 0 Å². The highest BCUT2D eigenvalue weighted by atomic mass is 16.7. The van der Waals surface area contributed by atoms with Gasteiger partial charge in [0.1, 0.15) is 13.2 Å². The van der Waals surface area contributed by atoms with Crippen molar-refractivity contribution in [3.05, 3.63) is 146 Å². The van der Waals surface area contributed by atoms with Crippen molar-refractivity contribution in [2.45, 2.75) is 155 Å². The van der Waals surface area contributed by atoms with Crippen molar-refractivity contribution in [3.63, 3.8) is 0 Å². The summed E-state index contributed by atoms with van der Waals surface area (Å²) in [7, 11) is 5.91. The fraction of sp³-hybridized carbons (Fsp3) is 0.534. The predicted molar refractivity (Wildman–Crippen MR) is 280 cm³/mol. The van der Waals surface area contributed by atoms with Gasteiger partial charge in [-0.05, 0) is 109 Å². The van der Waals surface area contributed by atoms with Crippen LogP contribution in [0.4, 0.5) is 0 Å². The molecule has 0 bridgehead atoms. The van der Waals surface area contributed by atoms with Crippen LogP contribution in [-0.2, 0) is 33.3 Å². The Hall–Kier alpha value is -4.83. The highest BCUT2D eigenvalue weighted by molar-refractivity contribution is 5.71. The number of quaternary nitrogens is 1. The van der Waals surface area contributed by atoms with Gasteiger partial charge in [0.05, 0.1) is 34.4 Å². The number of rotatable bonds is 43. The molecule has 0 spiro atoms. The Morgan fingerprint density at radius 2 is 0.821 bits per heavy atom. The molecule has 0 heterocycles. The first kappa shape index (κ1) is 62.2. The van der Waals surface area contributed by atoms with E-state index in [1.54, 1.807) is 0 Å². The predicted octanol–water partition coefficient (Wildman–Crippen LogP) is 14.1. The Kier molecular flexibility index (Phi) is 44.2. The minimum Gasteiger partial charge on any atom is -0.477 e. The third kappa shape index (κ3) is 48.9. The van der Waals surface area contributed by atoms with Crippen LogP contribution in [0.5, 0.6) is 0 Å². The van der Waals surface area contributed by atoms with E-state index >= 15 is 0 Å². The molecule has 374 valence electrons. The summed E-state index contributed by atoms with van der Waals surface area (Å²) in [5, 5.41) is 9.66. The molecule has 0 saturated carbocycles. The molecule has 2 atom stereocenters. The van der Waals surface area contributed by atoms with Crippen LogP contribution in [0.15, 0.2) is 146 Å². The molecule has 0 saturated heterocycles. The summed E-state index contributed by atoms with van der Waals surface area (Å²) in [6.45, 7) is 4.49. The lowest BCUT2D eigenvalue weighted by atomic mass is 10.1. The average Bonchev–Trinajstić information content (AvgIpc) is 3.29. The molecule has 2 unspecified atom stereocenters. The third-order valence-electron chi connectivity index (χ3n) is 9.59. The molecule has 67 heavy (non-hydrogen) atoms. The molecule has 0 aromatic heterocycles. The van der Waals surface area contributed by atoms with Crippen LogP contribution in [0, 0.1) is 0 Å². The fourth-order valence-corrected chi connectivity index (χ4v) is 5.79. The topological polar surface area (TPSA) is 108 Å². The average molecular weight is 929 g/mol. The number of esters is 2. The molecule has 9 nitrogen and oxygen atoms in total. The van der Waals surface area contributed by atoms with Gasteiger partial charge in [-0.25, -0.2) is 4.79 Å². The van der Waals surface area contributed by atoms with Gasteiger partial charge < -0.3 is 28.5 Å². The molecule has 0 radical (unpaired) electrons. The van der Waals surface area contributed by atoms with Gasteiger partial charge in [0, 0.05) is 12.8 Å². The van der Waals surface area contributed by atoms with E-state index in [2.05, 4.69) is 160 Å². The van der Waals surface area contributed by atoms with Gasteiger partial charge in [-0.2, -0.15) is 0 Å². The maximum absolute atomic E-state index is 12.8. The van der Waals surface area contributed by atoms with E-state index < -0.39 is 30.3 Å². The van der Waals surface area contributed by atoms with Crippen LogP contribution >= 0.6 is 0 Å². The number of carbonyl (C=O) groups excluding carboxylic acids is 2. The van der Waals surface area contributed by atoms with Crippen LogP contribution in [0.1, 0.15) is 142 Å². The van der Waals surface area contributed by atoms with E-state index in [4.69, 9.17) is 18.9 Å². The first-order valence-corrected chi connectivity index (χ1v) is 25.0. The minimum atomic E-state index is -1.54. The first-order chi connectivity index (χ1) is 32.6. The molecule has 9 heteroatoms. The normalized spacial score (nSPS) is 14.1. The lowest BCUT2D eigenvalue weighted by molar-refractivity contribution is -0.870. The number of likely N-dealkylation sites (N-methyl/N-ethyl adjacent to an activating group) is 1. The summed E-state index contributed by atoms with van der Waals surface area (Å²) >= 11 is 0. The van der Waals surface area contributed by atoms with Gasteiger partial charge in [0.25, 0.3) is 6.29 Å². The molecule has 0 aliphatic heterocycles. The Labute approximate surface area is 407 Å². The number of ether oxygens (including phenoxy) is 4. The molecule has 0 amide bonds. The Morgan fingerprint density at radius 1 is 0.448 bits per heavy atom. The molecule has 0 fully saturated rings. The van der Waals surface area contributed by atoms with Gasteiger partial charge >= 0.3 is 17.9 Å². The summed E-state index contributed by atoms with van der Waals surface area (Å²) in [5.41, 5.74) is 0. The van der Waals surface area contributed by atoms with E-state index in [1.165, 1.54) is 0 Å². The highest BCUT2D eigenvalue weighted by Gasteiger charge is 2.25. The van der Waals surface area contributed by atoms with E-state index in [-0.39, 0.29) is 32.7 Å². The second kappa shape index (κ2) is 47.7. The molecule has 0 aromatic carbocycles. The maximum atomic E-state index is 12.8. The van der Waals surface area contributed by atoms with Gasteiger partial charge in [-0.1, -0.05) is 166 Å². The Bertz CT molecular complexity index is 1600. The monoisotopic (exact) mass is 929 g/mol. The molecule has 1 N–H and O–H groups in total. The third-order valence-corrected chi connectivity index (χ3v) is 9.59. The molecular weight excluding hydrogens is 839 g/mol. The van der Waals surface area contributed by atoms with Crippen molar-refractivity contribution < 1.29 is 42.9 Å². The second-order valence-electron chi connectivity index (χ2n) is 17.0. The first-order valence-electron chi connectivity index (χ1n) is 25.0. The van der Waals surface area contributed by atoms with Crippen molar-refractivity contribution in [3.8, 4) is 0 Å². The standard InChI is InChI=1S/C58H89NO8/c1-6-8-10-12-14-16-18-20-22-24-25-26-27-28-29-30-31-33-35-37-39-41-43-45-47-49-56(61)67-54(53-66-58(57(62)63)64-51-50-59(3,4)5)52-65-55(60)48-46-44-42-40-38-36-34-32-23-21-19-17-15-13-11-9-7-2/h8-11,14-17,20-23,25-26,28-29,31,33-34,36-37,39-40,42,54,58H,6-7,12-13,18-19,24,27,30,32,35,38,41,43-53H2,1-5H3/p+1/b10-8-,11-9-,16-14-,17-15-,22-20-,23-21-,26-25-,29-28-,33-31-,36-34-,39-37-,42-40-. The summed E-state index contributed by atoms with van der Waals surface area (Å²) in [5.74, 6) is -2.16. The number of hydrogen-bond acceptors (Lipinski definition) is 7. The number of carboxylic acid groups (broad SMARTS) is 1. The van der Waals surface area contributed by atoms with Crippen LogP contribution in [0.3, 0.4) is 0 Å². The summed E-state index contributed by atoms with van der Waals surface area (Å²) in [6.07, 6.45) is 66.4. The van der Waals surface area contributed by atoms with Crippen LogP contribution in [0.25, 0.3) is 0 Å². The van der Waals surface area contributed by atoms with Crippen molar-refractivity contribution >= 4 is 17.9 Å². The Balaban J connectivity index is 4.55. The fourth-order valence-electron chi connectivity index (χ4n) is 5.79. The lowest BCUT2D eigenvalue weighted by Crippen LogP contribution is -2.40. The van der Waals surface area contributed by atoms with Crippen molar-refractivity contribution in [1.29, 1.82) is 0 Å². The second-order valence-corrected chi connectivity index (χ2v) is 17.0.